The average Bonchev–Trinajstić information content (AvgIpc) is 2.27. The van der Waals surface area contributed by atoms with Crippen LogP contribution in [-0.4, -0.2) is 26.1 Å². The van der Waals surface area contributed by atoms with Gasteiger partial charge < -0.3 is 9.53 Å². The van der Waals surface area contributed by atoms with Crippen LogP contribution in [0.25, 0.3) is 0 Å². The molecule has 0 amide bonds. The first-order chi connectivity index (χ1) is 8.74. The summed E-state index contributed by atoms with van der Waals surface area (Å²) in [6.45, 7) is 13.9. The standard InChI is InChI=1S/C16H36O2Si/c1-7-8-9-10-11-12-15(13-14-17)18-19(5,6)16(2,3)4/h15,17H,7-14H2,1-6H3. The van der Waals surface area contributed by atoms with Gasteiger partial charge in [0.1, 0.15) is 0 Å². The molecule has 0 aliphatic rings. The second-order valence-electron chi connectivity index (χ2n) is 7.22. The van der Waals surface area contributed by atoms with Gasteiger partial charge in [0.25, 0.3) is 0 Å². The highest BCUT2D eigenvalue weighted by Crippen LogP contribution is 2.38. The van der Waals surface area contributed by atoms with Crippen LogP contribution >= 0.6 is 0 Å². The number of unbranched alkanes of at least 4 members (excludes halogenated alkanes) is 4. The molecule has 116 valence electrons. The third-order valence-electron chi connectivity index (χ3n) is 4.35. The second kappa shape index (κ2) is 9.14. The minimum atomic E-state index is -1.69. The van der Waals surface area contributed by atoms with Gasteiger partial charge in [0.15, 0.2) is 8.32 Å². The van der Waals surface area contributed by atoms with E-state index in [-0.39, 0.29) is 17.7 Å². The van der Waals surface area contributed by atoms with E-state index < -0.39 is 8.32 Å². The van der Waals surface area contributed by atoms with E-state index in [1.54, 1.807) is 0 Å². The zero-order valence-corrected chi connectivity index (χ0v) is 15.1. The fourth-order valence-corrected chi connectivity index (χ4v) is 3.40. The number of aliphatic hydroxyl groups excluding tert-OH is 1. The first kappa shape index (κ1) is 19.1. The first-order valence-corrected chi connectivity index (χ1v) is 10.9. The molecule has 2 nitrogen and oxygen atoms in total. The van der Waals surface area contributed by atoms with Gasteiger partial charge in [-0.05, 0) is 31.0 Å². The van der Waals surface area contributed by atoms with E-state index in [0.717, 1.165) is 12.8 Å². The van der Waals surface area contributed by atoms with Crippen molar-refractivity contribution in [1.82, 2.24) is 0 Å². The lowest BCUT2D eigenvalue weighted by Crippen LogP contribution is -2.44. The van der Waals surface area contributed by atoms with Gasteiger partial charge in [-0.25, -0.2) is 0 Å². The molecule has 0 radical (unpaired) electrons. The van der Waals surface area contributed by atoms with Gasteiger partial charge >= 0.3 is 0 Å². The Balaban J connectivity index is 4.18. The lowest BCUT2D eigenvalue weighted by atomic mass is 10.1. The van der Waals surface area contributed by atoms with Crippen molar-refractivity contribution in [2.45, 2.75) is 96.9 Å². The number of hydrogen-bond acceptors (Lipinski definition) is 2. The molecule has 0 fully saturated rings. The van der Waals surface area contributed by atoms with Crippen LogP contribution in [0.2, 0.25) is 18.1 Å². The van der Waals surface area contributed by atoms with E-state index in [0.29, 0.717) is 0 Å². The quantitative estimate of drug-likeness (QED) is 0.446. The summed E-state index contributed by atoms with van der Waals surface area (Å²) in [6.07, 6.45) is 8.66. The maximum Gasteiger partial charge on any atom is 0.192 e. The maximum atomic E-state index is 9.21. The minimum absolute atomic E-state index is 0.244. The summed E-state index contributed by atoms with van der Waals surface area (Å²) in [4.78, 5) is 0. The highest BCUT2D eigenvalue weighted by Gasteiger charge is 2.38. The maximum absolute atomic E-state index is 9.21. The van der Waals surface area contributed by atoms with Crippen molar-refractivity contribution in [3.8, 4) is 0 Å². The van der Waals surface area contributed by atoms with Gasteiger partial charge in [0, 0.05) is 12.7 Å². The van der Waals surface area contributed by atoms with Gasteiger partial charge in [-0.3, -0.25) is 0 Å². The fraction of sp³-hybridized carbons (Fsp3) is 1.00. The van der Waals surface area contributed by atoms with Crippen LogP contribution in [0.4, 0.5) is 0 Å². The predicted molar refractivity (Wildman–Crippen MR) is 87.1 cm³/mol. The van der Waals surface area contributed by atoms with Crippen LogP contribution < -0.4 is 0 Å². The number of hydrogen-bond donors (Lipinski definition) is 1. The van der Waals surface area contributed by atoms with Gasteiger partial charge in [0.05, 0.1) is 0 Å². The van der Waals surface area contributed by atoms with E-state index in [1.165, 1.54) is 32.1 Å². The topological polar surface area (TPSA) is 29.5 Å². The van der Waals surface area contributed by atoms with Crippen LogP contribution in [0.3, 0.4) is 0 Å². The molecule has 0 bridgehead atoms. The van der Waals surface area contributed by atoms with Crippen molar-refractivity contribution < 1.29 is 9.53 Å². The highest BCUT2D eigenvalue weighted by molar-refractivity contribution is 6.74. The van der Waals surface area contributed by atoms with Crippen molar-refractivity contribution >= 4 is 8.32 Å². The predicted octanol–water partition coefficient (Wildman–Crippen LogP) is 5.12. The number of aliphatic hydroxyl groups is 1. The van der Waals surface area contributed by atoms with Crippen molar-refractivity contribution in [2.75, 3.05) is 6.61 Å². The Morgan fingerprint density at radius 1 is 1.00 bits per heavy atom. The Morgan fingerprint density at radius 3 is 2.05 bits per heavy atom. The molecular formula is C16H36O2Si. The summed E-state index contributed by atoms with van der Waals surface area (Å²) in [7, 11) is -1.69. The van der Waals surface area contributed by atoms with Crippen molar-refractivity contribution in [3.63, 3.8) is 0 Å². The van der Waals surface area contributed by atoms with Crippen LogP contribution in [0.5, 0.6) is 0 Å². The zero-order chi connectivity index (χ0) is 14.9. The Bertz CT molecular complexity index is 221. The molecule has 0 aromatic heterocycles. The third-order valence-corrected chi connectivity index (χ3v) is 8.88. The minimum Gasteiger partial charge on any atom is -0.414 e. The second-order valence-corrected chi connectivity index (χ2v) is 12.0. The van der Waals surface area contributed by atoms with Crippen LogP contribution in [0, 0.1) is 0 Å². The lowest BCUT2D eigenvalue weighted by molar-refractivity contribution is 0.129. The summed E-state index contributed by atoms with van der Waals surface area (Å²) in [6, 6.07) is 0. The monoisotopic (exact) mass is 288 g/mol. The molecule has 0 aromatic rings. The van der Waals surface area contributed by atoms with Crippen LogP contribution in [0.15, 0.2) is 0 Å². The van der Waals surface area contributed by atoms with E-state index in [2.05, 4.69) is 40.8 Å². The first-order valence-electron chi connectivity index (χ1n) is 8.03. The summed E-state index contributed by atoms with van der Waals surface area (Å²) in [5.74, 6) is 0. The van der Waals surface area contributed by atoms with E-state index in [1.807, 2.05) is 0 Å². The third kappa shape index (κ3) is 8.11. The molecule has 0 saturated carbocycles. The van der Waals surface area contributed by atoms with Gasteiger partial charge in [-0.2, -0.15) is 0 Å². The van der Waals surface area contributed by atoms with E-state index in [9.17, 15) is 5.11 Å². The molecule has 0 heterocycles. The van der Waals surface area contributed by atoms with Crippen LogP contribution in [0.1, 0.15) is 72.6 Å². The Labute approximate surface area is 122 Å². The van der Waals surface area contributed by atoms with Gasteiger partial charge in [0.2, 0.25) is 0 Å². The Morgan fingerprint density at radius 2 is 1.58 bits per heavy atom. The van der Waals surface area contributed by atoms with Gasteiger partial charge in [-0.15, -0.1) is 0 Å². The SMILES string of the molecule is CCCCCCCC(CCO)O[Si](C)(C)C(C)(C)C. The Kier molecular flexibility index (Phi) is 9.21. The highest BCUT2D eigenvalue weighted by atomic mass is 28.4. The zero-order valence-electron chi connectivity index (χ0n) is 14.1. The smallest absolute Gasteiger partial charge is 0.192 e. The van der Waals surface area contributed by atoms with Crippen molar-refractivity contribution in [3.05, 3.63) is 0 Å². The molecule has 0 aliphatic carbocycles. The number of rotatable bonds is 10. The summed E-state index contributed by atoms with van der Waals surface area (Å²) in [5.41, 5.74) is 0. The molecule has 0 rings (SSSR count). The molecule has 0 aromatic carbocycles. The summed E-state index contributed by atoms with van der Waals surface area (Å²) < 4.78 is 6.43. The molecular weight excluding hydrogens is 252 g/mol. The molecule has 19 heavy (non-hydrogen) atoms. The fourth-order valence-electron chi connectivity index (χ4n) is 1.98. The van der Waals surface area contributed by atoms with E-state index >= 15 is 0 Å². The van der Waals surface area contributed by atoms with Crippen molar-refractivity contribution in [2.24, 2.45) is 0 Å². The van der Waals surface area contributed by atoms with Gasteiger partial charge in [-0.1, -0.05) is 59.8 Å². The summed E-state index contributed by atoms with van der Waals surface area (Å²) >= 11 is 0. The Hall–Kier alpha value is 0.137. The molecule has 0 saturated heterocycles. The normalized spacial score (nSPS) is 14.7. The molecule has 0 spiro atoms. The average molecular weight is 289 g/mol. The lowest BCUT2D eigenvalue weighted by Gasteiger charge is -2.39. The molecule has 1 unspecified atom stereocenters. The largest absolute Gasteiger partial charge is 0.414 e. The van der Waals surface area contributed by atoms with Crippen LogP contribution in [-0.2, 0) is 4.43 Å². The van der Waals surface area contributed by atoms with E-state index in [4.69, 9.17) is 4.43 Å². The molecule has 0 aliphatic heterocycles. The van der Waals surface area contributed by atoms with Crippen molar-refractivity contribution in [1.29, 1.82) is 0 Å². The molecule has 3 heteroatoms. The summed E-state index contributed by atoms with van der Waals surface area (Å²) in [5, 5.41) is 9.47. The molecule has 1 atom stereocenters. The molecule has 1 N–H and O–H groups in total.